The summed E-state index contributed by atoms with van der Waals surface area (Å²) in [5, 5.41) is 0.419. The molecule has 2 atom stereocenters. The van der Waals surface area contributed by atoms with Gasteiger partial charge in [-0.05, 0) is 36.6 Å². The molecular formula is C20H22ClNO4S. The van der Waals surface area contributed by atoms with Gasteiger partial charge in [0, 0.05) is 13.1 Å². The van der Waals surface area contributed by atoms with Crippen molar-refractivity contribution < 1.29 is 17.9 Å². The molecule has 1 fully saturated rings. The van der Waals surface area contributed by atoms with Crippen LogP contribution in [0.3, 0.4) is 0 Å². The summed E-state index contributed by atoms with van der Waals surface area (Å²) in [5.41, 5.74) is 2.00. The van der Waals surface area contributed by atoms with Gasteiger partial charge < -0.3 is 9.64 Å². The maximum atomic E-state index is 12.6. The molecule has 5 nitrogen and oxygen atoms in total. The zero-order valence-electron chi connectivity index (χ0n) is 15.3. The summed E-state index contributed by atoms with van der Waals surface area (Å²) in [4.78, 5) is 14.1. The standard InChI is InChI=1S/C20H22ClNO4S/c1-14(20(23)22(2)17-10-11-27(24,25)13-17)26-19-9-8-16(12-18(19)21)15-6-4-3-5-7-15/h3-9,12,14,17H,10-11,13H2,1-2H3. The van der Waals surface area contributed by atoms with Crippen molar-refractivity contribution in [2.75, 3.05) is 18.6 Å². The summed E-state index contributed by atoms with van der Waals surface area (Å²) in [6.45, 7) is 1.64. The fraction of sp³-hybridized carbons (Fsp3) is 0.350. The Hall–Kier alpha value is -2.05. The molecule has 0 radical (unpaired) electrons. The Balaban J connectivity index is 1.68. The van der Waals surface area contributed by atoms with Crippen LogP contribution in [-0.2, 0) is 14.6 Å². The Morgan fingerprint density at radius 1 is 1.19 bits per heavy atom. The van der Waals surface area contributed by atoms with E-state index < -0.39 is 15.9 Å². The third kappa shape index (κ3) is 4.62. The van der Waals surface area contributed by atoms with Crippen molar-refractivity contribution in [3.63, 3.8) is 0 Å². The number of hydrogen-bond donors (Lipinski definition) is 0. The molecule has 0 aromatic heterocycles. The van der Waals surface area contributed by atoms with E-state index in [1.54, 1.807) is 26.1 Å². The van der Waals surface area contributed by atoms with Crippen molar-refractivity contribution in [1.29, 1.82) is 0 Å². The summed E-state index contributed by atoms with van der Waals surface area (Å²) in [6.07, 6.45) is -0.303. The predicted molar refractivity (Wildman–Crippen MR) is 107 cm³/mol. The molecule has 0 saturated carbocycles. The lowest BCUT2D eigenvalue weighted by Gasteiger charge is -2.27. The molecule has 2 aromatic carbocycles. The minimum atomic E-state index is -3.05. The number of sulfone groups is 1. The Bertz CT molecular complexity index is 930. The van der Waals surface area contributed by atoms with Crippen molar-refractivity contribution in [2.45, 2.75) is 25.5 Å². The van der Waals surface area contributed by atoms with Crippen LogP contribution in [0.25, 0.3) is 11.1 Å². The molecule has 0 bridgehead atoms. The molecule has 2 unspecified atom stereocenters. The van der Waals surface area contributed by atoms with E-state index in [0.29, 0.717) is 17.2 Å². The largest absolute Gasteiger partial charge is 0.479 e. The number of hydrogen-bond acceptors (Lipinski definition) is 4. The molecular weight excluding hydrogens is 386 g/mol. The van der Waals surface area contributed by atoms with E-state index >= 15 is 0 Å². The van der Waals surface area contributed by atoms with Crippen LogP contribution in [0.1, 0.15) is 13.3 Å². The van der Waals surface area contributed by atoms with E-state index in [1.807, 2.05) is 36.4 Å². The SMILES string of the molecule is CC(Oc1ccc(-c2ccccc2)cc1Cl)C(=O)N(C)C1CCS(=O)(=O)C1. The number of nitrogens with zero attached hydrogens (tertiary/aromatic N) is 1. The first-order chi connectivity index (χ1) is 12.8. The quantitative estimate of drug-likeness (QED) is 0.761. The van der Waals surface area contributed by atoms with E-state index in [0.717, 1.165) is 11.1 Å². The second-order valence-electron chi connectivity index (χ2n) is 6.78. The third-order valence-corrected chi connectivity index (χ3v) is 6.84. The van der Waals surface area contributed by atoms with Gasteiger partial charge in [-0.2, -0.15) is 0 Å². The van der Waals surface area contributed by atoms with Crippen LogP contribution in [0.5, 0.6) is 5.75 Å². The first-order valence-corrected chi connectivity index (χ1v) is 11.0. The Morgan fingerprint density at radius 3 is 2.48 bits per heavy atom. The van der Waals surface area contributed by atoms with Gasteiger partial charge in [0.25, 0.3) is 5.91 Å². The number of carbonyl (C=O) groups is 1. The predicted octanol–water partition coefficient (Wildman–Crippen LogP) is 3.42. The van der Waals surface area contributed by atoms with E-state index in [9.17, 15) is 13.2 Å². The Kier molecular flexibility index (Phi) is 5.77. The van der Waals surface area contributed by atoms with Gasteiger partial charge >= 0.3 is 0 Å². The maximum Gasteiger partial charge on any atom is 0.263 e. The van der Waals surface area contributed by atoms with E-state index in [4.69, 9.17) is 16.3 Å². The lowest BCUT2D eigenvalue weighted by molar-refractivity contribution is -0.138. The van der Waals surface area contributed by atoms with Crippen LogP contribution in [0.15, 0.2) is 48.5 Å². The van der Waals surface area contributed by atoms with Gasteiger partial charge in [-0.1, -0.05) is 48.0 Å². The average molecular weight is 408 g/mol. The maximum absolute atomic E-state index is 12.6. The monoisotopic (exact) mass is 407 g/mol. The van der Waals surface area contributed by atoms with Crippen LogP contribution in [-0.4, -0.2) is 49.9 Å². The zero-order chi connectivity index (χ0) is 19.6. The smallest absolute Gasteiger partial charge is 0.263 e. The van der Waals surface area contributed by atoms with Gasteiger partial charge in [-0.15, -0.1) is 0 Å². The van der Waals surface area contributed by atoms with Gasteiger partial charge in [-0.3, -0.25) is 4.79 Å². The van der Waals surface area contributed by atoms with Crippen LogP contribution in [0.4, 0.5) is 0 Å². The normalized spacial score (nSPS) is 19.4. The van der Waals surface area contributed by atoms with Gasteiger partial charge in [-0.25, -0.2) is 8.42 Å². The van der Waals surface area contributed by atoms with Crippen LogP contribution >= 0.6 is 11.6 Å². The number of halogens is 1. The number of rotatable bonds is 5. The molecule has 0 spiro atoms. The fourth-order valence-electron chi connectivity index (χ4n) is 3.19. The highest BCUT2D eigenvalue weighted by Gasteiger charge is 2.34. The molecule has 1 aliphatic rings. The van der Waals surface area contributed by atoms with Crippen molar-refractivity contribution in [2.24, 2.45) is 0 Å². The number of ether oxygens (including phenoxy) is 1. The van der Waals surface area contributed by atoms with Crippen molar-refractivity contribution in [3.05, 3.63) is 53.6 Å². The van der Waals surface area contributed by atoms with Crippen LogP contribution in [0.2, 0.25) is 5.02 Å². The summed E-state index contributed by atoms with van der Waals surface area (Å²) < 4.78 is 29.0. The zero-order valence-corrected chi connectivity index (χ0v) is 16.8. The number of likely N-dealkylation sites (N-methyl/N-ethyl adjacent to an activating group) is 1. The molecule has 1 amide bonds. The summed E-state index contributed by atoms with van der Waals surface area (Å²) in [5.74, 6) is 0.288. The molecule has 2 aromatic rings. The van der Waals surface area contributed by atoms with Crippen molar-refractivity contribution in [1.82, 2.24) is 4.90 Å². The number of carbonyl (C=O) groups excluding carboxylic acids is 1. The van der Waals surface area contributed by atoms with Gasteiger partial charge in [0.1, 0.15) is 5.75 Å². The number of benzene rings is 2. The fourth-order valence-corrected chi connectivity index (χ4v) is 5.19. The van der Waals surface area contributed by atoms with Crippen LogP contribution in [0, 0.1) is 0 Å². The lowest BCUT2D eigenvalue weighted by Crippen LogP contribution is -2.44. The highest BCUT2D eigenvalue weighted by Crippen LogP contribution is 2.31. The Labute approximate surface area is 164 Å². The first-order valence-electron chi connectivity index (χ1n) is 8.75. The van der Waals surface area contributed by atoms with Crippen molar-refractivity contribution in [3.8, 4) is 16.9 Å². The van der Waals surface area contributed by atoms with Gasteiger partial charge in [0.15, 0.2) is 15.9 Å². The average Bonchev–Trinajstić information content (AvgIpc) is 3.02. The summed E-state index contributed by atoms with van der Waals surface area (Å²) in [7, 11) is -1.43. The highest BCUT2D eigenvalue weighted by atomic mass is 35.5. The third-order valence-electron chi connectivity index (χ3n) is 4.79. The molecule has 144 valence electrons. The minimum Gasteiger partial charge on any atom is -0.479 e. The van der Waals surface area contributed by atoms with E-state index in [-0.39, 0.29) is 23.5 Å². The molecule has 27 heavy (non-hydrogen) atoms. The molecule has 3 rings (SSSR count). The molecule has 0 N–H and O–H groups in total. The summed E-state index contributed by atoms with van der Waals surface area (Å²) >= 11 is 6.34. The second-order valence-corrected chi connectivity index (χ2v) is 9.41. The number of amides is 1. The van der Waals surface area contributed by atoms with Crippen molar-refractivity contribution >= 4 is 27.3 Å². The molecule has 1 heterocycles. The molecule has 7 heteroatoms. The highest BCUT2D eigenvalue weighted by molar-refractivity contribution is 7.91. The minimum absolute atomic E-state index is 0.00842. The Morgan fingerprint density at radius 2 is 1.89 bits per heavy atom. The lowest BCUT2D eigenvalue weighted by atomic mass is 10.1. The second kappa shape index (κ2) is 7.90. The van der Waals surface area contributed by atoms with Gasteiger partial charge in [0.05, 0.1) is 16.5 Å². The van der Waals surface area contributed by atoms with E-state index in [1.165, 1.54) is 4.90 Å². The van der Waals surface area contributed by atoms with E-state index in [2.05, 4.69) is 0 Å². The first kappa shape index (κ1) is 19.7. The van der Waals surface area contributed by atoms with Crippen LogP contribution < -0.4 is 4.74 Å². The molecule has 1 aliphatic heterocycles. The molecule has 0 aliphatic carbocycles. The molecule has 1 saturated heterocycles. The van der Waals surface area contributed by atoms with Gasteiger partial charge in [0.2, 0.25) is 0 Å². The summed E-state index contributed by atoms with van der Waals surface area (Å²) in [6, 6.07) is 15.0. The topological polar surface area (TPSA) is 63.7 Å².